The van der Waals surface area contributed by atoms with Crippen LogP contribution in [0.2, 0.25) is 0 Å². The summed E-state index contributed by atoms with van der Waals surface area (Å²) in [5.74, 6) is 0.559. The topological polar surface area (TPSA) is 23.6 Å². The van der Waals surface area contributed by atoms with E-state index in [9.17, 15) is 4.79 Å². The van der Waals surface area contributed by atoms with Crippen LogP contribution < -0.4 is 0 Å². The highest BCUT2D eigenvalue weighted by Gasteiger charge is 2.21. The molecule has 0 N–H and O–H groups in total. The molecular formula is C15H21BrN2O. The molecule has 1 aromatic carbocycles. The number of hydrogen-bond acceptors (Lipinski definition) is 2. The van der Waals surface area contributed by atoms with E-state index in [1.54, 1.807) is 0 Å². The van der Waals surface area contributed by atoms with Crippen molar-refractivity contribution in [3.05, 3.63) is 34.3 Å². The molecule has 0 spiro atoms. The first-order chi connectivity index (χ1) is 9.06. The third-order valence-corrected chi connectivity index (χ3v) is 4.30. The predicted molar refractivity (Wildman–Crippen MR) is 81.3 cm³/mol. The van der Waals surface area contributed by atoms with Crippen LogP contribution in [0, 0.1) is 0 Å². The third-order valence-electron chi connectivity index (χ3n) is 3.78. The van der Waals surface area contributed by atoms with E-state index in [1.807, 2.05) is 17.0 Å². The van der Waals surface area contributed by atoms with E-state index >= 15 is 0 Å². The number of carbonyl (C=O) groups excluding carboxylic acids is 1. The highest BCUT2D eigenvalue weighted by Crippen LogP contribution is 2.22. The summed E-state index contributed by atoms with van der Waals surface area (Å²) < 4.78 is 1.08. The standard InChI is InChI=1S/C15H21BrN2O/c1-12(13-3-5-14(16)6-4-13)11-15(19)18-9-7-17(2)8-10-18/h3-6,12H,7-11H2,1-2H3. The predicted octanol–water partition coefficient (Wildman–Crippen LogP) is 2.72. The van der Waals surface area contributed by atoms with Gasteiger partial charge >= 0.3 is 0 Å². The van der Waals surface area contributed by atoms with Gasteiger partial charge in [-0.2, -0.15) is 0 Å². The maximum atomic E-state index is 12.3. The second-order valence-corrected chi connectivity index (χ2v) is 6.26. The molecule has 1 heterocycles. The van der Waals surface area contributed by atoms with E-state index in [0.717, 1.165) is 30.7 Å². The van der Waals surface area contributed by atoms with E-state index in [4.69, 9.17) is 0 Å². The maximum absolute atomic E-state index is 12.3. The van der Waals surface area contributed by atoms with E-state index in [0.29, 0.717) is 6.42 Å². The molecular weight excluding hydrogens is 304 g/mol. The summed E-state index contributed by atoms with van der Waals surface area (Å²) in [4.78, 5) is 16.5. The van der Waals surface area contributed by atoms with E-state index in [2.05, 4.69) is 46.9 Å². The third kappa shape index (κ3) is 4.05. The van der Waals surface area contributed by atoms with Gasteiger partial charge in [-0.3, -0.25) is 4.79 Å². The molecule has 0 radical (unpaired) electrons. The number of piperazine rings is 1. The first-order valence-corrected chi connectivity index (χ1v) is 7.57. The second-order valence-electron chi connectivity index (χ2n) is 5.34. The first-order valence-electron chi connectivity index (χ1n) is 6.78. The van der Waals surface area contributed by atoms with Crippen molar-refractivity contribution in [1.82, 2.24) is 9.80 Å². The monoisotopic (exact) mass is 324 g/mol. The van der Waals surface area contributed by atoms with Crippen molar-refractivity contribution in [2.24, 2.45) is 0 Å². The number of amides is 1. The number of hydrogen-bond donors (Lipinski definition) is 0. The van der Waals surface area contributed by atoms with Gasteiger partial charge in [0.15, 0.2) is 0 Å². The molecule has 1 unspecified atom stereocenters. The van der Waals surface area contributed by atoms with Crippen LogP contribution in [0.5, 0.6) is 0 Å². The van der Waals surface area contributed by atoms with Gasteiger partial charge in [0.2, 0.25) is 5.91 Å². The SMILES string of the molecule is CC(CC(=O)N1CCN(C)CC1)c1ccc(Br)cc1. The summed E-state index contributed by atoms with van der Waals surface area (Å²) in [6.07, 6.45) is 0.603. The molecule has 0 aromatic heterocycles. The molecule has 1 aliphatic heterocycles. The van der Waals surface area contributed by atoms with Crippen LogP contribution in [0.3, 0.4) is 0 Å². The Bertz CT molecular complexity index is 424. The largest absolute Gasteiger partial charge is 0.340 e. The Morgan fingerprint density at radius 3 is 2.37 bits per heavy atom. The highest BCUT2D eigenvalue weighted by atomic mass is 79.9. The van der Waals surface area contributed by atoms with Gasteiger partial charge in [0.05, 0.1) is 0 Å². The van der Waals surface area contributed by atoms with Crippen molar-refractivity contribution in [3.63, 3.8) is 0 Å². The Hall–Kier alpha value is -0.870. The lowest BCUT2D eigenvalue weighted by atomic mass is 9.97. The lowest BCUT2D eigenvalue weighted by molar-refractivity contribution is -0.133. The fourth-order valence-electron chi connectivity index (χ4n) is 2.36. The number of carbonyl (C=O) groups is 1. The van der Waals surface area contributed by atoms with Crippen LogP contribution >= 0.6 is 15.9 Å². The lowest BCUT2D eigenvalue weighted by Crippen LogP contribution is -2.47. The Morgan fingerprint density at radius 2 is 1.79 bits per heavy atom. The molecule has 1 aromatic rings. The van der Waals surface area contributed by atoms with Crippen molar-refractivity contribution < 1.29 is 4.79 Å². The van der Waals surface area contributed by atoms with Crippen molar-refractivity contribution in [2.75, 3.05) is 33.2 Å². The molecule has 1 atom stereocenters. The molecule has 0 bridgehead atoms. The average molecular weight is 325 g/mol. The molecule has 0 saturated carbocycles. The summed E-state index contributed by atoms with van der Waals surface area (Å²) >= 11 is 3.43. The molecule has 1 saturated heterocycles. The number of likely N-dealkylation sites (N-methyl/N-ethyl adjacent to an activating group) is 1. The van der Waals surface area contributed by atoms with Crippen LogP contribution in [-0.2, 0) is 4.79 Å². The quantitative estimate of drug-likeness (QED) is 0.853. The molecule has 3 nitrogen and oxygen atoms in total. The minimum atomic E-state index is 0.278. The van der Waals surface area contributed by atoms with Crippen LogP contribution in [0.25, 0.3) is 0 Å². The van der Waals surface area contributed by atoms with Crippen molar-refractivity contribution >= 4 is 21.8 Å². The summed E-state index contributed by atoms with van der Waals surface area (Å²) in [5.41, 5.74) is 1.23. The number of halogens is 1. The maximum Gasteiger partial charge on any atom is 0.223 e. The zero-order valence-electron chi connectivity index (χ0n) is 11.6. The normalized spacial score (nSPS) is 18.4. The van der Waals surface area contributed by atoms with Crippen LogP contribution in [0.1, 0.15) is 24.8 Å². The Morgan fingerprint density at radius 1 is 1.21 bits per heavy atom. The van der Waals surface area contributed by atoms with Crippen molar-refractivity contribution in [2.45, 2.75) is 19.3 Å². The summed E-state index contributed by atoms with van der Waals surface area (Å²) in [7, 11) is 2.10. The van der Waals surface area contributed by atoms with Crippen LogP contribution in [0.4, 0.5) is 0 Å². The lowest BCUT2D eigenvalue weighted by Gasteiger charge is -2.33. The summed E-state index contributed by atoms with van der Waals surface area (Å²) in [6.45, 7) is 5.82. The molecule has 104 valence electrons. The van der Waals surface area contributed by atoms with E-state index < -0.39 is 0 Å². The number of benzene rings is 1. The highest BCUT2D eigenvalue weighted by molar-refractivity contribution is 9.10. The molecule has 4 heteroatoms. The minimum absolute atomic E-state index is 0.278. The van der Waals surface area contributed by atoms with Gasteiger partial charge in [0, 0.05) is 37.1 Å². The van der Waals surface area contributed by atoms with Crippen molar-refractivity contribution in [3.8, 4) is 0 Å². The van der Waals surface area contributed by atoms with Gasteiger partial charge in [-0.15, -0.1) is 0 Å². The smallest absolute Gasteiger partial charge is 0.223 e. The Labute approximate surface area is 123 Å². The summed E-state index contributed by atoms with van der Waals surface area (Å²) in [6, 6.07) is 8.25. The molecule has 2 rings (SSSR count). The van der Waals surface area contributed by atoms with Crippen molar-refractivity contribution in [1.29, 1.82) is 0 Å². The van der Waals surface area contributed by atoms with Gasteiger partial charge < -0.3 is 9.80 Å². The fourth-order valence-corrected chi connectivity index (χ4v) is 2.62. The number of nitrogens with zero attached hydrogens (tertiary/aromatic N) is 2. The van der Waals surface area contributed by atoms with E-state index in [-0.39, 0.29) is 11.8 Å². The second kappa shape index (κ2) is 6.53. The minimum Gasteiger partial charge on any atom is -0.340 e. The first kappa shape index (κ1) is 14.5. The summed E-state index contributed by atoms with van der Waals surface area (Å²) in [5, 5.41) is 0. The van der Waals surface area contributed by atoms with Crippen LogP contribution in [-0.4, -0.2) is 48.9 Å². The molecule has 1 fully saturated rings. The van der Waals surface area contributed by atoms with Gasteiger partial charge in [-0.05, 0) is 30.7 Å². The Kier molecular flexibility index (Phi) is 4.99. The molecule has 1 aliphatic rings. The number of rotatable bonds is 3. The van der Waals surface area contributed by atoms with Crippen LogP contribution in [0.15, 0.2) is 28.7 Å². The van der Waals surface area contributed by atoms with Gasteiger partial charge in [0.1, 0.15) is 0 Å². The van der Waals surface area contributed by atoms with Gasteiger partial charge in [-0.1, -0.05) is 35.0 Å². The molecule has 0 aliphatic carbocycles. The van der Waals surface area contributed by atoms with Gasteiger partial charge in [-0.25, -0.2) is 0 Å². The molecule has 1 amide bonds. The Balaban J connectivity index is 1.89. The molecule has 19 heavy (non-hydrogen) atoms. The van der Waals surface area contributed by atoms with E-state index in [1.165, 1.54) is 5.56 Å². The average Bonchev–Trinajstić information content (AvgIpc) is 2.40. The zero-order chi connectivity index (χ0) is 13.8. The van der Waals surface area contributed by atoms with Gasteiger partial charge in [0.25, 0.3) is 0 Å². The zero-order valence-corrected chi connectivity index (χ0v) is 13.2. The fraction of sp³-hybridized carbons (Fsp3) is 0.533.